The topological polar surface area (TPSA) is 133 Å². The lowest BCUT2D eigenvalue weighted by molar-refractivity contribution is -0.246. The van der Waals surface area contributed by atoms with Crippen LogP contribution in [0.1, 0.15) is 133 Å². The second-order valence-corrected chi connectivity index (χ2v) is 24.3. The monoisotopic (exact) mass is 787 g/mol. The van der Waals surface area contributed by atoms with Gasteiger partial charge in [0.15, 0.2) is 9.84 Å². The number of ether oxygens (including phenoxy) is 1. The zero-order valence-corrected chi connectivity index (χ0v) is 36.4. The minimum atomic E-state index is -2.98. The maximum Gasteiger partial charge on any atom is 0.310 e. The van der Waals surface area contributed by atoms with Crippen molar-refractivity contribution in [1.82, 2.24) is 10.2 Å². The number of carbonyl (C=O) groups is 2. The van der Waals surface area contributed by atoms with Crippen LogP contribution in [0.25, 0.3) is 0 Å². The highest BCUT2D eigenvalue weighted by Gasteiger charge is 2.72. The van der Waals surface area contributed by atoms with E-state index in [0.29, 0.717) is 42.7 Å². The Balaban J connectivity index is 1.08. The van der Waals surface area contributed by atoms with E-state index in [0.717, 1.165) is 45.1 Å². The minimum Gasteiger partial charge on any atom is -0.481 e. The molecule has 1 saturated heterocycles. The van der Waals surface area contributed by atoms with Gasteiger partial charge in [0.25, 0.3) is 0 Å². The molecule has 0 aromatic carbocycles. The van der Waals surface area contributed by atoms with E-state index in [-0.39, 0.29) is 56.8 Å². The second-order valence-electron chi connectivity index (χ2n) is 22.0. The number of nitrogens with zero attached hydrogens (tertiary/aromatic N) is 1. The summed E-state index contributed by atoms with van der Waals surface area (Å²) in [5.41, 5.74) is 1.11. The third kappa shape index (κ3) is 6.42. The standard InChI is InChI=1S/C45H74N2O7S/c1-27(2)29-13-19-45(46-22-16-31(28(3)48)47-23-25-55(52,53)26-24-47)21-20-43(9)30(35(29)45)11-12-33-42(8)17-15-34(40(4,5)32(42)14-18-44(33,43)10)54-39(51)37-36(38(49)50)41(37,6)7/h28-37,46,48H,1,11-26H2,2-10H3,(H,49,50)/t28-,29+,30-,31-,32+,33-,34+,35-,36+,37-,42+,43-,44-,45+/m1/s1. The molecule has 14 atom stereocenters. The molecule has 0 spiro atoms. The maximum atomic E-state index is 13.5. The van der Waals surface area contributed by atoms with Crippen LogP contribution in [-0.4, -0.2) is 90.4 Å². The zero-order chi connectivity index (χ0) is 40.3. The number of carboxylic acid groups (broad SMARTS) is 1. The molecular formula is C45H74N2O7S. The number of nitrogens with one attached hydrogen (secondary N) is 1. The largest absolute Gasteiger partial charge is 0.481 e. The van der Waals surface area contributed by atoms with E-state index in [4.69, 9.17) is 4.74 Å². The summed E-state index contributed by atoms with van der Waals surface area (Å²) in [5.74, 6) is 0.503. The summed E-state index contributed by atoms with van der Waals surface area (Å²) in [5, 5.41) is 24.8. The first-order chi connectivity index (χ1) is 25.5. The van der Waals surface area contributed by atoms with Crippen LogP contribution in [-0.2, 0) is 24.2 Å². The van der Waals surface area contributed by atoms with Gasteiger partial charge in [0.05, 0.1) is 29.4 Å². The Morgan fingerprint density at radius 2 is 1.53 bits per heavy atom. The van der Waals surface area contributed by atoms with E-state index in [2.05, 4.69) is 58.3 Å². The van der Waals surface area contributed by atoms with Crippen molar-refractivity contribution in [3.05, 3.63) is 12.2 Å². The van der Waals surface area contributed by atoms with Gasteiger partial charge in [-0.3, -0.25) is 14.5 Å². The number of hydrogen-bond acceptors (Lipinski definition) is 8. The Hall–Kier alpha value is -1.49. The number of aliphatic hydroxyl groups excluding tert-OH is 1. The predicted molar refractivity (Wildman–Crippen MR) is 216 cm³/mol. The van der Waals surface area contributed by atoms with Gasteiger partial charge >= 0.3 is 11.9 Å². The molecule has 9 nitrogen and oxygen atoms in total. The minimum absolute atomic E-state index is 0.0479. The van der Waals surface area contributed by atoms with Crippen LogP contribution in [0.4, 0.5) is 0 Å². The van der Waals surface area contributed by atoms with Crippen LogP contribution in [0, 0.1) is 68.5 Å². The quantitative estimate of drug-likeness (QED) is 0.156. The van der Waals surface area contributed by atoms with Crippen molar-refractivity contribution in [2.75, 3.05) is 31.1 Å². The van der Waals surface area contributed by atoms with E-state index in [1.807, 2.05) is 20.8 Å². The number of esters is 1. The van der Waals surface area contributed by atoms with Crippen molar-refractivity contribution >= 4 is 21.8 Å². The number of allylic oxidation sites excluding steroid dienone is 1. The average molecular weight is 787 g/mol. The molecule has 1 aliphatic heterocycles. The highest BCUT2D eigenvalue weighted by molar-refractivity contribution is 7.91. The smallest absolute Gasteiger partial charge is 0.310 e. The number of aliphatic hydroxyl groups is 1. The summed E-state index contributed by atoms with van der Waals surface area (Å²) in [6, 6.07) is -0.0552. The van der Waals surface area contributed by atoms with E-state index < -0.39 is 39.2 Å². The molecule has 10 heteroatoms. The predicted octanol–water partition coefficient (Wildman–Crippen LogP) is 7.12. The summed E-state index contributed by atoms with van der Waals surface area (Å²) in [4.78, 5) is 27.6. The Morgan fingerprint density at radius 3 is 2.13 bits per heavy atom. The molecule has 0 aromatic rings. The van der Waals surface area contributed by atoms with Gasteiger partial charge in [-0.05, 0) is 142 Å². The van der Waals surface area contributed by atoms with Crippen LogP contribution in [0.15, 0.2) is 12.2 Å². The fourth-order valence-corrected chi connectivity index (χ4v) is 16.9. The van der Waals surface area contributed by atoms with Crippen LogP contribution < -0.4 is 5.32 Å². The molecule has 1 heterocycles. The number of hydrogen-bond donors (Lipinski definition) is 3. The molecule has 0 aromatic heterocycles. The Labute approximate surface area is 332 Å². The van der Waals surface area contributed by atoms with Crippen LogP contribution in [0.2, 0.25) is 0 Å². The number of fused-ring (bicyclic) bond motifs is 7. The number of aliphatic carboxylic acids is 1. The van der Waals surface area contributed by atoms with Gasteiger partial charge in [0.1, 0.15) is 6.10 Å². The van der Waals surface area contributed by atoms with Crippen molar-refractivity contribution in [2.45, 2.75) is 157 Å². The van der Waals surface area contributed by atoms with Crippen molar-refractivity contribution in [1.29, 1.82) is 0 Å². The SMILES string of the molecule is C=C(C)[C@@H]1CC[C@]2(NCC[C@H]([C@@H](C)O)N3CCS(=O)(=O)CC3)CC[C@]3(C)[C@H](CC[C@@H]4[C@@]5(C)CC[C@H](OC(=O)[C@H]6[C@@H](C(=O)O)C6(C)C)C(C)(C)[C@@H]5CC[C@]43C)[C@@H]12. The fraction of sp³-hybridized carbons (Fsp3) is 0.911. The number of rotatable bonds is 10. The van der Waals surface area contributed by atoms with Gasteiger partial charge in [-0.1, -0.05) is 60.6 Å². The molecule has 0 amide bonds. The van der Waals surface area contributed by atoms with Crippen molar-refractivity contribution in [3.8, 4) is 0 Å². The van der Waals surface area contributed by atoms with Gasteiger partial charge in [-0.25, -0.2) is 8.42 Å². The average Bonchev–Trinajstić information content (AvgIpc) is 3.47. The summed E-state index contributed by atoms with van der Waals surface area (Å²) in [6.07, 6.45) is 11.4. The number of sulfone groups is 1. The number of carboxylic acids is 1. The van der Waals surface area contributed by atoms with Crippen molar-refractivity contribution in [2.24, 2.45) is 68.5 Å². The van der Waals surface area contributed by atoms with Crippen LogP contribution in [0.5, 0.6) is 0 Å². The first-order valence-corrected chi connectivity index (χ1v) is 23.8. The molecule has 0 bridgehead atoms. The van der Waals surface area contributed by atoms with Crippen LogP contribution >= 0.6 is 0 Å². The number of carbonyl (C=O) groups excluding carboxylic acids is 1. The molecule has 3 N–H and O–H groups in total. The van der Waals surface area contributed by atoms with Gasteiger partial charge in [-0.2, -0.15) is 0 Å². The third-order valence-electron chi connectivity index (χ3n) is 18.9. The molecule has 0 unspecified atom stereocenters. The van der Waals surface area contributed by atoms with Crippen molar-refractivity contribution in [3.63, 3.8) is 0 Å². The molecule has 55 heavy (non-hydrogen) atoms. The second kappa shape index (κ2) is 13.8. The lowest BCUT2D eigenvalue weighted by atomic mass is 9.32. The lowest BCUT2D eigenvalue weighted by Gasteiger charge is -2.73. The molecule has 6 aliphatic carbocycles. The molecule has 6 saturated carbocycles. The zero-order valence-electron chi connectivity index (χ0n) is 35.6. The molecule has 0 radical (unpaired) electrons. The summed E-state index contributed by atoms with van der Waals surface area (Å²) in [6.45, 7) is 26.8. The Bertz CT molecular complexity index is 1640. The Kier molecular flexibility index (Phi) is 10.4. The van der Waals surface area contributed by atoms with Gasteiger partial charge in [-0.15, -0.1) is 0 Å². The highest BCUT2D eigenvalue weighted by Crippen LogP contribution is 2.76. The molecular weight excluding hydrogens is 713 g/mol. The Morgan fingerprint density at radius 1 is 0.855 bits per heavy atom. The van der Waals surface area contributed by atoms with Crippen molar-refractivity contribution < 1.29 is 33.0 Å². The third-order valence-corrected chi connectivity index (χ3v) is 20.5. The van der Waals surface area contributed by atoms with E-state index >= 15 is 0 Å². The normalized spacial score (nSPS) is 46.5. The summed E-state index contributed by atoms with van der Waals surface area (Å²) >= 11 is 0. The van der Waals surface area contributed by atoms with Gasteiger partial charge < -0.3 is 20.3 Å². The fourth-order valence-electron chi connectivity index (χ4n) is 15.6. The lowest BCUT2D eigenvalue weighted by Crippen LogP contribution is -2.69. The van der Waals surface area contributed by atoms with Gasteiger partial charge in [0, 0.05) is 30.1 Å². The molecule has 7 aliphatic rings. The summed E-state index contributed by atoms with van der Waals surface area (Å²) < 4.78 is 30.7. The van der Waals surface area contributed by atoms with E-state index in [1.165, 1.54) is 37.7 Å². The highest BCUT2D eigenvalue weighted by atomic mass is 32.2. The molecule has 7 fully saturated rings. The molecule has 312 valence electrons. The van der Waals surface area contributed by atoms with Crippen LogP contribution in [0.3, 0.4) is 0 Å². The first kappa shape index (κ1) is 41.7. The van der Waals surface area contributed by atoms with E-state index in [9.17, 15) is 28.2 Å². The molecule has 7 rings (SSSR count). The maximum absolute atomic E-state index is 13.5. The van der Waals surface area contributed by atoms with E-state index in [1.54, 1.807) is 0 Å². The summed E-state index contributed by atoms with van der Waals surface area (Å²) in [7, 11) is -2.98. The van der Waals surface area contributed by atoms with Gasteiger partial charge in [0.2, 0.25) is 0 Å². The first-order valence-electron chi connectivity index (χ1n) is 21.9.